The van der Waals surface area contributed by atoms with E-state index in [1.54, 1.807) is 50.5 Å². The van der Waals surface area contributed by atoms with Crippen LogP contribution < -0.4 is 4.90 Å². The SMILES string of the molecule is Cc1cccc(C(=O)N(C)c2ccccn2)c1F. The van der Waals surface area contributed by atoms with Crippen LogP contribution in [-0.4, -0.2) is 17.9 Å². The first-order valence-electron chi connectivity index (χ1n) is 5.55. The zero-order valence-corrected chi connectivity index (χ0v) is 10.2. The first-order valence-corrected chi connectivity index (χ1v) is 5.55. The summed E-state index contributed by atoms with van der Waals surface area (Å²) >= 11 is 0. The zero-order valence-electron chi connectivity index (χ0n) is 10.2. The van der Waals surface area contributed by atoms with Crippen LogP contribution in [0, 0.1) is 12.7 Å². The second-order valence-corrected chi connectivity index (χ2v) is 3.99. The number of rotatable bonds is 2. The molecule has 1 aromatic heterocycles. The summed E-state index contributed by atoms with van der Waals surface area (Å²) in [6.45, 7) is 1.63. The van der Waals surface area contributed by atoms with Crippen molar-refractivity contribution in [2.75, 3.05) is 11.9 Å². The molecule has 2 rings (SSSR count). The number of nitrogens with zero attached hydrogens (tertiary/aromatic N) is 2. The fourth-order valence-corrected chi connectivity index (χ4v) is 1.65. The van der Waals surface area contributed by atoms with Crippen LogP contribution in [0.2, 0.25) is 0 Å². The molecule has 0 bridgehead atoms. The number of halogens is 1. The Morgan fingerprint density at radius 3 is 2.67 bits per heavy atom. The van der Waals surface area contributed by atoms with Gasteiger partial charge < -0.3 is 0 Å². The third-order valence-corrected chi connectivity index (χ3v) is 2.72. The maximum absolute atomic E-state index is 13.9. The topological polar surface area (TPSA) is 33.2 Å². The number of pyridine rings is 1. The third-order valence-electron chi connectivity index (χ3n) is 2.72. The van der Waals surface area contributed by atoms with Crippen LogP contribution >= 0.6 is 0 Å². The second kappa shape index (κ2) is 4.96. The molecule has 1 amide bonds. The van der Waals surface area contributed by atoms with E-state index in [4.69, 9.17) is 0 Å². The normalized spacial score (nSPS) is 10.2. The number of hydrogen-bond donors (Lipinski definition) is 0. The molecule has 0 unspecified atom stereocenters. The lowest BCUT2D eigenvalue weighted by atomic mass is 10.1. The van der Waals surface area contributed by atoms with Gasteiger partial charge in [0.1, 0.15) is 11.6 Å². The Bertz CT molecular complexity index is 569. The van der Waals surface area contributed by atoms with E-state index in [-0.39, 0.29) is 5.56 Å². The highest BCUT2D eigenvalue weighted by molar-refractivity contribution is 6.05. The van der Waals surface area contributed by atoms with Crippen LogP contribution in [0.5, 0.6) is 0 Å². The van der Waals surface area contributed by atoms with E-state index in [1.165, 1.54) is 11.0 Å². The van der Waals surface area contributed by atoms with Crippen molar-refractivity contribution in [2.24, 2.45) is 0 Å². The van der Waals surface area contributed by atoms with Crippen molar-refractivity contribution in [1.82, 2.24) is 4.98 Å². The van der Waals surface area contributed by atoms with Crippen molar-refractivity contribution in [1.29, 1.82) is 0 Å². The van der Waals surface area contributed by atoms with E-state index >= 15 is 0 Å². The molecule has 0 spiro atoms. The molecule has 0 aliphatic rings. The van der Waals surface area contributed by atoms with Gasteiger partial charge in [-0.05, 0) is 30.7 Å². The molecule has 18 heavy (non-hydrogen) atoms. The molecule has 0 radical (unpaired) electrons. The van der Waals surface area contributed by atoms with E-state index in [0.717, 1.165) is 0 Å². The fraction of sp³-hybridized carbons (Fsp3) is 0.143. The predicted octanol–water partition coefficient (Wildman–Crippen LogP) is 2.81. The van der Waals surface area contributed by atoms with Crippen molar-refractivity contribution in [3.63, 3.8) is 0 Å². The fourth-order valence-electron chi connectivity index (χ4n) is 1.65. The average Bonchev–Trinajstić information content (AvgIpc) is 2.41. The first-order chi connectivity index (χ1) is 8.61. The summed E-state index contributed by atoms with van der Waals surface area (Å²) in [5.74, 6) is -0.399. The molecule has 0 N–H and O–H groups in total. The van der Waals surface area contributed by atoms with Gasteiger partial charge in [-0.3, -0.25) is 9.69 Å². The van der Waals surface area contributed by atoms with Crippen molar-refractivity contribution in [3.05, 3.63) is 59.5 Å². The summed E-state index contributed by atoms with van der Waals surface area (Å²) in [5, 5.41) is 0. The highest BCUT2D eigenvalue weighted by Gasteiger charge is 2.18. The largest absolute Gasteiger partial charge is 0.296 e. The van der Waals surface area contributed by atoms with Gasteiger partial charge in [-0.2, -0.15) is 0 Å². The predicted molar refractivity (Wildman–Crippen MR) is 68.1 cm³/mol. The molecule has 3 nitrogen and oxygen atoms in total. The molecule has 0 aliphatic heterocycles. The van der Waals surface area contributed by atoms with E-state index in [2.05, 4.69) is 4.98 Å². The second-order valence-electron chi connectivity index (χ2n) is 3.99. The van der Waals surface area contributed by atoms with E-state index < -0.39 is 11.7 Å². The number of aromatic nitrogens is 1. The Labute approximate surface area is 105 Å². The minimum atomic E-state index is -0.481. The van der Waals surface area contributed by atoms with Gasteiger partial charge in [-0.25, -0.2) is 9.37 Å². The van der Waals surface area contributed by atoms with Crippen LogP contribution in [0.25, 0.3) is 0 Å². The number of anilines is 1. The Morgan fingerprint density at radius 2 is 2.00 bits per heavy atom. The minimum absolute atomic E-state index is 0.0585. The lowest BCUT2D eigenvalue weighted by Crippen LogP contribution is -2.28. The molecular weight excluding hydrogens is 231 g/mol. The molecule has 0 aliphatic carbocycles. The van der Waals surface area contributed by atoms with E-state index in [9.17, 15) is 9.18 Å². The molecule has 0 saturated carbocycles. The summed E-state index contributed by atoms with van der Waals surface area (Å²) < 4.78 is 13.9. The Kier molecular flexibility index (Phi) is 3.37. The summed E-state index contributed by atoms with van der Waals surface area (Å²) in [4.78, 5) is 17.6. The lowest BCUT2D eigenvalue weighted by molar-refractivity contribution is 0.0988. The van der Waals surface area contributed by atoms with Crippen LogP contribution in [0.4, 0.5) is 10.2 Å². The first kappa shape index (κ1) is 12.2. The average molecular weight is 244 g/mol. The minimum Gasteiger partial charge on any atom is -0.296 e. The van der Waals surface area contributed by atoms with Gasteiger partial charge in [0.05, 0.1) is 5.56 Å². The summed E-state index contributed by atoms with van der Waals surface area (Å²) in [6, 6.07) is 10.0. The Morgan fingerprint density at radius 1 is 1.22 bits per heavy atom. The number of carbonyl (C=O) groups excluding carboxylic acids is 1. The summed E-state index contributed by atoms with van der Waals surface area (Å²) in [6.07, 6.45) is 1.59. The summed E-state index contributed by atoms with van der Waals surface area (Å²) in [7, 11) is 1.58. The van der Waals surface area contributed by atoms with Crippen LogP contribution in [0.3, 0.4) is 0 Å². The standard InChI is InChI=1S/C14H13FN2O/c1-10-6-5-7-11(13(10)15)14(18)17(2)12-8-3-4-9-16-12/h3-9H,1-2H3. The molecule has 0 fully saturated rings. The van der Waals surface area contributed by atoms with Crippen molar-refractivity contribution in [2.45, 2.75) is 6.92 Å². The Hall–Kier alpha value is -2.23. The van der Waals surface area contributed by atoms with Crippen LogP contribution in [-0.2, 0) is 0 Å². The highest BCUT2D eigenvalue weighted by Crippen LogP contribution is 2.16. The Balaban J connectivity index is 2.35. The number of benzene rings is 1. The highest BCUT2D eigenvalue weighted by atomic mass is 19.1. The van der Waals surface area contributed by atoms with Gasteiger partial charge >= 0.3 is 0 Å². The monoisotopic (exact) mass is 244 g/mol. The third kappa shape index (κ3) is 2.22. The van der Waals surface area contributed by atoms with Crippen molar-refractivity contribution < 1.29 is 9.18 Å². The maximum Gasteiger partial charge on any atom is 0.262 e. The molecule has 4 heteroatoms. The zero-order chi connectivity index (χ0) is 13.1. The van der Waals surface area contributed by atoms with Crippen molar-refractivity contribution >= 4 is 11.7 Å². The molecule has 1 aromatic carbocycles. The van der Waals surface area contributed by atoms with Gasteiger partial charge in [-0.1, -0.05) is 18.2 Å². The quantitative estimate of drug-likeness (QED) is 0.813. The van der Waals surface area contributed by atoms with Gasteiger partial charge in [0.25, 0.3) is 5.91 Å². The van der Waals surface area contributed by atoms with Gasteiger partial charge in [0.2, 0.25) is 0 Å². The summed E-state index contributed by atoms with van der Waals surface area (Å²) in [5.41, 5.74) is 0.512. The van der Waals surface area contributed by atoms with E-state index in [0.29, 0.717) is 11.4 Å². The molecule has 2 aromatic rings. The number of amides is 1. The maximum atomic E-state index is 13.9. The number of aryl methyl sites for hydroxylation is 1. The van der Waals surface area contributed by atoms with Gasteiger partial charge in [0, 0.05) is 13.2 Å². The van der Waals surface area contributed by atoms with E-state index in [1.807, 2.05) is 0 Å². The lowest BCUT2D eigenvalue weighted by Gasteiger charge is -2.16. The number of hydrogen-bond acceptors (Lipinski definition) is 2. The van der Waals surface area contributed by atoms with Crippen LogP contribution in [0.1, 0.15) is 15.9 Å². The molecule has 0 saturated heterocycles. The molecule has 0 atom stereocenters. The van der Waals surface area contributed by atoms with Crippen LogP contribution in [0.15, 0.2) is 42.6 Å². The molecular formula is C14H13FN2O. The van der Waals surface area contributed by atoms with Crippen molar-refractivity contribution in [3.8, 4) is 0 Å². The molecule has 92 valence electrons. The molecule has 1 heterocycles. The number of carbonyl (C=O) groups is 1. The smallest absolute Gasteiger partial charge is 0.262 e. The van der Waals surface area contributed by atoms with Gasteiger partial charge in [-0.15, -0.1) is 0 Å². The van der Waals surface area contributed by atoms with Gasteiger partial charge in [0.15, 0.2) is 0 Å².